The molecule has 1 aromatic heterocycles. The number of halogens is 4. The molecule has 29 heavy (non-hydrogen) atoms. The lowest BCUT2D eigenvalue weighted by Gasteiger charge is -2.27. The Morgan fingerprint density at radius 1 is 0.931 bits per heavy atom. The second kappa shape index (κ2) is 7.42. The Balaban J connectivity index is 0.000000431. The minimum atomic E-state index is -6.00. The first-order valence-electron chi connectivity index (χ1n) is 9.01. The Bertz CT molecular complexity index is 1100. The van der Waals surface area contributed by atoms with Crippen molar-refractivity contribution in [3.05, 3.63) is 71.6 Å². The number of aromatic nitrogens is 2. The molecule has 0 atom stereocenters. The number of hydrogen-bond donors (Lipinski definition) is 0. The highest BCUT2D eigenvalue weighted by molar-refractivity contribution is 6.50. The SMILES string of the molecule is CC1=Cc2c(nc3ccccc3[n+]2-c2ccccc2)C(C)(C)C1=O.F[B-](F)(F)F. The summed E-state index contributed by atoms with van der Waals surface area (Å²) in [6.45, 7) is 5.81. The van der Waals surface area contributed by atoms with Crippen molar-refractivity contribution < 1.29 is 26.6 Å². The third kappa shape index (κ3) is 4.21. The standard InChI is InChI=1S/C21H19N2O.BF4/c1-14-13-18-19(21(2,3)20(14)24)22-16-11-7-8-12-17(16)23(18)15-9-5-4-6-10-15;2-1(3,4)5/h4-13H,1-3H3;/q+1;-1. The number of carbonyl (C=O) groups is 1. The van der Waals surface area contributed by atoms with Crippen LogP contribution in [-0.2, 0) is 10.2 Å². The quantitative estimate of drug-likeness (QED) is 0.323. The summed E-state index contributed by atoms with van der Waals surface area (Å²) in [6, 6.07) is 18.3. The van der Waals surface area contributed by atoms with Gasteiger partial charge in [0.1, 0.15) is 11.2 Å². The van der Waals surface area contributed by atoms with Gasteiger partial charge < -0.3 is 17.3 Å². The largest absolute Gasteiger partial charge is 0.673 e. The normalized spacial score (nSPS) is 15.3. The minimum absolute atomic E-state index is 0.136. The van der Waals surface area contributed by atoms with Crippen LogP contribution in [0.3, 0.4) is 0 Å². The summed E-state index contributed by atoms with van der Waals surface area (Å²) in [4.78, 5) is 17.5. The average Bonchev–Trinajstić information content (AvgIpc) is 2.65. The summed E-state index contributed by atoms with van der Waals surface area (Å²) in [7, 11) is -6.00. The smallest absolute Gasteiger partial charge is 0.418 e. The first-order valence-corrected chi connectivity index (χ1v) is 9.01. The number of fused-ring (bicyclic) bond motifs is 2. The highest BCUT2D eigenvalue weighted by Gasteiger charge is 2.42. The Kier molecular flexibility index (Phi) is 5.30. The van der Waals surface area contributed by atoms with Crippen molar-refractivity contribution in [3.63, 3.8) is 0 Å². The van der Waals surface area contributed by atoms with Crippen LogP contribution in [0.4, 0.5) is 17.3 Å². The zero-order valence-electron chi connectivity index (χ0n) is 16.2. The second-order valence-electron chi connectivity index (χ2n) is 7.28. The zero-order valence-corrected chi connectivity index (χ0v) is 16.2. The molecule has 0 N–H and O–H groups in total. The molecule has 0 aliphatic heterocycles. The van der Waals surface area contributed by atoms with Gasteiger partial charge in [0.2, 0.25) is 16.9 Å². The van der Waals surface area contributed by atoms with Crippen molar-refractivity contribution in [1.82, 2.24) is 4.98 Å². The number of nitrogens with zero attached hydrogens (tertiary/aromatic N) is 2. The molecule has 0 spiro atoms. The van der Waals surface area contributed by atoms with Gasteiger partial charge in [-0.2, -0.15) is 4.57 Å². The number of Topliss-reactive ketones (excluding diaryl/α,β-unsaturated/α-hetero) is 1. The van der Waals surface area contributed by atoms with Crippen molar-refractivity contribution in [2.24, 2.45) is 0 Å². The number of carbonyl (C=O) groups excluding carboxylic acids is 1. The molecule has 1 heterocycles. The van der Waals surface area contributed by atoms with Gasteiger partial charge in [0.05, 0.1) is 5.41 Å². The number of allylic oxidation sites excluding steroid dienone is 1. The predicted octanol–water partition coefficient (Wildman–Crippen LogP) is 5.08. The summed E-state index contributed by atoms with van der Waals surface area (Å²) >= 11 is 0. The van der Waals surface area contributed by atoms with Gasteiger partial charge in [-0.15, -0.1) is 0 Å². The number of rotatable bonds is 1. The molecule has 0 unspecified atom stereocenters. The molecule has 0 bridgehead atoms. The molecule has 0 fully saturated rings. The number of para-hydroxylation sites is 3. The molecule has 150 valence electrons. The van der Waals surface area contributed by atoms with Crippen molar-refractivity contribution in [3.8, 4) is 5.69 Å². The van der Waals surface area contributed by atoms with Crippen LogP contribution in [-0.4, -0.2) is 18.0 Å². The van der Waals surface area contributed by atoms with Crippen LogP contribution in [0.2, 0.25) is 0 Å². The molecule has 1 aliphatic rings. The van der Waals surface area contributed by atoms with Crippen molar-refractivity contribution in [1.29, 1.82) is 0 Å². The fraction of sp³-hybridized carbons (Fsp3) is 0.190. The van der Waals surface area contributed by atoms with E-state index in [2.05, 4.69) is 22.8 Å². The molecule has 2 aromatic carbocycles. The zero-order chi connectivity index (χ0) is 21.4. The van der Waals surface area contributed by atoms with Crippen LogP contribution in [0.25, 0.3) is 22.8 Å². The lowest BCUT2D eigenvalue weighted by Crippen LogP contribution is -2.44. The first kappa shape index (κ1) is 20.7. The fourth-order valence-electron chi connectivity index (χ4n) is 3.48. The topological polar surface area (TPSA) is 33.8 Å². The highest BCUT2D eigenvalue weighted by atomic mass is 19.5. The number of ketones is 1. The van der Waals surface area contributed by atoms with E-state index < -0.39 is 12.7 Å². The van der Waals surface area contributed by atoms with Gasteiger partial charge in [-0.3, -0.25) is 4.79 Å². The van der Waals surface area contributed by atoms with Gasteiger partial charge in [-0.05, 0) is 32.4 Å². The van der Waals surface area contributed by atoms with Crippen molar-refractivity contribution in [2.75, 3.05) is 0 Å². The van der Waals surface area contributed by atoms with E-state index in [1.54, 1.807) is 0 Å². The lowest BCUT2D eigenvalue weighted by molar-refractivity contribution is -0.570. The fourth-order valence-corrected chi connectivity index (χ4v) is 3.48. The Morgan fingerprint density at radius 3 is 2.10 bits per heavy atom. The monoisotopic (exact) mass is 402 g/mol. The first-order chi connectivity index (χ1) is 13.5. The maximum absolute atomic E-state index is 12.7. The molecule has 3 nitrogen and oxygen atoms in total. The van der Waals surface area contributed by atoms with Gasteiger partial charge in [0.25, 0.3) is 0 Å². The molecule has 4 rings (SSSR count). The van der Waals surface area contributed by atoms with Gasteiger partial charge >= 0.3 is 7.25 Å². The third-order valence-electron chi connectivity index (χ3n) is 4.72. The summed E-state index contributed by atoms with van der Waals surface area (Å²) in [5.74, 6) is 0.136. The van der Waals surface area contributed by atoms with Crippen LogP contribution >= 0.6 is 0 Å². The molecule has 0 amide bonds. The summed E-state index contributed by atoms with van der Waals surface area (Å²) in [5.41, 5.74) is 4.97. The molecular formula is C21H19BF4N2O. The van der Waals surface area contributed by atoms with Crippen LogP contribution in [0.5, 0.6) is 0 Å². The second-order valence-corrected chi connectivity index (χ2v) is 7.28. The lowest BCUT2D eigenvalue weighted by atomic mass is 9.76. The molecule has 0 radical (unpaired) electrons. The number of hydrogen-bond acceptors (Lipinski definition) is 2. The van der Waals surface area contributed by atoms with Gasteiger partial charge in [0.15, 0.2) is 5.78 Å². The van der Waals surface area contributed by atoms with E-state index in [1.807, 2.05) is 63.2 Å². The molecule has 0 saturated heterocycles. The molecule has 1 aliphatic carbocycles. The summed E-state index contributed by atoms with van der Waals surface area (Å²) in [6.07, 6.45) is 1.97. The minimum Gasteiger partial charge on any atom is -0.418 e. The van der Waals surface area contributed by atoms with Gasteiger partial charge in [0, 0.05) is 24.3 Å². The van der Waals surface area contributed by atoms with E-state index in [4.69, 9.17) is 4.98 Å². The molecular weight excluding hydrogens is 383 g/mol. The predicted molar refractivity (Wildman–Crippen MR) is 105 cm³/mol. The van der Waals surface area contributed by atoms with E-state index in [1.165, 1.54) is 0 Å². The maximum Gasteiger partial charge on any atom is 0.673 e. The maximum atomic E-state index is 12.7. The highest BCUT2D eigenvalue weighted by Crippen LogP contribution is 2.34. The molecule has 0 saturated carbocycles. The van der Waals surface area contributed by atoms with Crippen molar-refractivity contribution >= 4 is 30.1 Å². The summed E-state index contributed by atoms with van der Waals surface area (Å²) in [5, 5.41) is 0. The summed E-state index contributed by atoms with van der Waals surface area (Å²) < 4.78 is 41.2. The Hall–Kier alpha value is -3.03. The van der Waals surface area contributed by atoms with E-state index in [9.17, 15) is 22.1 Å². The van der Waals surface area contributed by atoms with Crippen LogP contribution in [0.1, 0.15) is 32.2 Å². The van der Waals surface area contributed by atoms with Crippen LogP contribution < -0.4 is 4.57 Å². The molecule has 8 heteroatoms. The molecule has 3 aromatic rings. The van der Waals surface area contributed by atoms with E-state index in [0.717, 1.165) is 33.7 Å². The van der Waals surface area contributed by atoms with E-state index >= 15 is 0 Å². The third-order valence-corrected chi connectivity index (χ3v) is 4.72. The van der Waals surface area contributed by atoms with E-state index in [0.29, 0.717) is 0 Å². The van der Waals surface area contributed by atoms with E-state index in [-0.39, 0.29) is 5.78 Å². The number of benzene rings is 2. The van der Waals surface area contributed by atoms with Gasteiger partial charge in [-0.1, -0.05) is 30.3 Å². The Morgan fingerprint density at radius 2 is 1.48 bits per heavy atom. The van der Waals surface area contributed by atoms with Crippen LogP contribution in [0, 0.1) is 0 Å². The Labute approximate surface area is 165 Å². The average molecular weight is 402 g/mol. The van der Waals surface area contributed by atoms with Gasteiger partial charge in [-0.25, -0.2) is 4.98 Å². The van der Waals surface area contributed by atoms with Crippen LogP contribution in [0.15, 0.2) is 60.2 Å². The van der Waals surface area contributed by atoms with Crippen molar-refractivity contribution in [2.45, 2.75) is 26.2 Å².